The van der Waals surface area contributed by atoms with Crippen molar-refractivity contribution in [2.24, 2.45) is 0 Å². The van der Waals surface area contributed by atoms with E-state index in [-0.39, 0.29) is 0 Å². The standard InChI is InChI=1S/C14H26S/c1-3-5-7-9-11-13-15-14-12-10-8-6-4-2/h3-4H,1-2,5-14H2. The van der Waals surface area contributed by atoms with Crippen molar-refractivity contribution in [3.63, 3.8) is 0 Å². The van der Waals surface area contributed by atoms with Crippen LogP contribution in [0.5, 0.6) is 0 Å². The van der Waals surface area contributed by atoms with Gasteiger partial charge in [0.2, 0.25) is 0 Å². The summed E-state index contributed by atoms with van der Waals surface area (Å²) in [4.78, 5) is 0. The van der Waals surface area contributed by atoms with Crippen molar-refractivity contribution < 1.29 is 0 Å². The summed E-state index contributed by atoms with van der Waals surface area (Å²) in [6.45, 7) is 7.46. The zero-order chi connectivity index (χ0) is 11.2. The van der Waals surface area contributed by atoms with Crippen LogP contribution in [0.1, 0.15) is 51.4 Å². The van der Waals surface area contributed by atoms with Crippen LogP contribution < -0.4 is 0 Å². The molecule has 0 N–H and O–H groups in total. The van der Waals surface area contributed by atoms with Crippen LogP contribution in [0.2, 0.25) is 0 Å². The van der Waals surface area contributed by atoms with Crippen molar-refractivity contribution in [1.29, 1.82) is 0 Å². The first kappa shape index (κ1) is 14.8. The molecule has 15 heavy (non-hydrogen) atoms. The molecular formula is C14H26S. The Kier molecular flexibility index (Phi) is 13.7. The second-order valence-electron chi connectivity index (χ2n) is 3.89. The summed E-state index contributed by atoms with van der Waals surface area (Å²) in [6.07, 6.45) is 14.6. The second kappa shape index (κ2) is 13.8. The molecule has 0 aromatic carbocycles. The van der Waals surface area contributed by atoms with Crippen molar-refractivity contribution >= 4 is 11.8 Å². The molecule has 0 saturated carbocycles. The zero-order valence-electron chi connectivity index (χ0n) is 10.0. The van der Waals surface area contributed by atoms with Crippen LogP contribution in [0.4, 0.5) is 0 Å². The molecule has 0 saturated heterocycles. The van der Waals surface area contributed by atoms with E-state index in [1.807, 2.05) is 12.2 Å². The summed E-state index contributed by atoms with van der Waals surface area (Å²) in [5.74, 6) is 2.69. The predicted molar refractivity (Wildman–Crippen MR) is 74.7 cm³/mol. The summed E-state index contributed by atoms with van der Waals surface area (Å²) < 4.78 is 0. The van der Waals surface area contributed by atoms with E-state index in [2.05, 4.69) is 24.9 Å². The first-order valence-corrected chi connectivity index (χ1v) is 7.37. The Hall–Kier alpha value is -0.170. The summed E-state index contributed by atoms with van der Waals surface area (Å²) in [6, 6.07) is 0. The number of hydrogen-bond acceptors (Lipinski definition) is 1. The van der Waals surface area contributed by atoms with E-state index in [9.17, 15) is 0 Å². The molecule has 0 aromatic rings. The molecule has 0 nitrogen and oxygen atoms in total. The average Bonchev–Trinajstić information content (AvgIpc) is 2.26. The fraction of sp³-hybridized carbons (Fsp3) is 0.714. The lowest BCUT2D eigenvalue weighted by Gasteiger charge is -2.01. The lowest BCUT2D eigenvalue weighted by Crippen LogP contribution is -1.85. The van der Waals surface area contributed by atoms with Gasteiger partial charge < -0.3 is 0 Å². The van der Waals surface area contributed by atoms with Gasteiger partial charge in [-0.25, -0.2) is 0 Å². The summed E-state index contributed by atoms with van der Waals surface area (Å²) >= 11 is 2.12. The van der Waals surface area contributed by atoms with E-state index in [1.165, 1.54) is 62.9 Å². The number of hydrogen-bond donors (Lipinski definition) is 0. The van der Waals surface area contributed by atoms with Gasteiger partial charge in [0.05, 0.1) is 0 Å². The summed E-state index contributed by atoms with van der Waals surface area (Å²) in [5.41, 5.74) is 0. The van der Waals surface area contributed by atoms with Gasteiger partial charge >= 0.3 is 0 Å². The third kappa shape index (κ3) is 13.8. The van der Waals surface area contributed by atoms with Crippen LogP contribution in [0.15, 0.2) is 25.3 Å². The Bertz CT molecular complexity index is 124. The van der Waals surface area contributed by atoms with Crippen molar-refractivity contribution in [3.05, 3.63) is 25.3 Å². The van der Waals surface area contributed by atoms with E-state index in [4.69, 9.17) is 0 Å². The number of rotatable bonds is 12. The van der Waals surface area contributed by atoms with E-state index >= 15 is 0 Å². The van der Waals surface area contributed by atoms with E-state index < -0.39 is 0 Å². The van der Waals surface area contributed by atoms with Gasteiger partial charge in [0.15, 0.2) is 0 Å². The fourth-order valence-electron chi connectivity index (χ4n) is 1.44. The molecule has 0 radical (unpaired) electrons. The Morgan fingerprint density at radius 2 is 1.13 bits per heavy atom. The van der Waals surface area contributed by atoms with E-state index in [0.29, 0.717) is 0 Å². The van der Waals surface area contributed by atoms with Gasteiger partial charge in [0, 0.05) is 0 Å². The molecule has 0 rings (SSSR count). The van der Waals surface area contributed by atoms with E-state index in [1.54, 1.807) is 0 Å². The lowest BCUT2D eigenvalue weighted by atomic mass is 10.2. The number of thioether (sulfide) groups is 1. The molecule has 0 spiro atoms. The van der Waals surface area contributed by atoms with Crippen LogP contribution in [-0.4, -0.2) is 11.5 Å². The molecule has 0 aliphatic rings. The Morgan fingerprint density at radius 3 is 1.53 bits per heavy atom. The first-order valence-electron chi connectivity index (χ1n) is 6.21. The van der Waals surface area contributed by atoms with Gasteiger partial charge in [-0.3, -0.25) is 0 Å². The normalized spacial score (nSPS) is 10.1. The largest absolute Gasteiger partial charge is 0.162 e. The molecule has 88 valence electrons. The third-order valence-electron chi connectivity index (χ3n) is 2.39. The molecule has 0 heterocycles. The Morgan fingerprint density at radius 1 is 0.667 bits per heavy atom. The van der Waals surface area contributed by atoms with Crippen LogP contribution in [0.25, 0.3) is 0 Å². The molecule has 0 atom stereocenters. The molecule has 0 aromatic heterocycles. The van der Waals surface area contributed by atoms with E-state index in [0.717, 1.165) is 0 Å². The molecular weight excluding hydrogens is 200 g/mol. The van der Waals surface area contributed by atoms with Crippen LogP contribution in [-0.2, 0) is 0 Å². The average molecular weight is 226 g/mol. The molecule has 1 heteroatoms. The summed E-state index contributed by atoms with van der Waals surface area (Å²) in [7, 11) is 0. The van der Waals surface area contributed by atoms with Crippen LogP contribution >= 0.6 is 11.8 Å². The topological polar surface area (TPSA) is 0 Å². The van der Waals surface area contributed by atoms with Crippen molar-refractivity contribution in [1.82, 2.24) is 0 Å². The molecule has 0 fully saturated rings. The van der Waals surface area contributed by atoms with Crippen molar-refractivity contribution in [2.45, 2.75) is 51.4 Å². The maximum absolute atomic E-state index is 3.73. The quantitative estimate of drug-likeness (QED) is 0.325. The van der Waals surface area contributed by atoms with Crippen molar-refractivity contribution in [2.75, 3.05) is 11.5 Å². The highest BCUT2D eigenvalue weighted by Gasteiger charge is 1.91. The van der Waals surface area contributed by atoms with Gasteiger partial charge in [0.1, 0.15) is 0 Å². The van der Waals surface area contributed by atoms with Gasteiger partial charge in [-0.15, -0.1) is 13.2 Å². The maximum Gasteiger partial charge on any atom is -0.00675 e. The van der Waals surface area contributed by atoms with Gasteiger partial charge in [-0.05, 0) is 50.0 Å². The minimum Gasteiger partial charge on any atom is -0.162 e. The first-order chi connectivity index (χ1) is 7.41. The maximum atomic E-state index is 3.73. The highest BCUT2D eigenvalue weighted by atomic mass is 32.2. The molecule has 0 aliphatic heterocycles. The molecule has 0 bridgehead atoms. The van der Waals surface area contributed by atoms with Crippen LogP contribution in [0, 0.1) is 0 Å². The minimum atomic E-state index is 1.19. The highest BCUT2D eigenvalue weighted by Crippen LogP contribution is 2.11. The Labute approximate surface area is 100 Å². The molecule has 0 aliphatic carbocycles. The van der Waals surface area contributed by atoms with Gasteiger partial charge in [0.25, 0.3) is 0 Å². The number of allylic oxidation sites excluding steroid dienone is 2. The van der Waals surface area contributed by atoms with Crippen LogP contribution in [0.3, 0.4) is 0 Å². The van der Waals surface area contributed by atoms with Gasteiger partial charge in [-0.2, -0.15) is 11.8 Å². The fourth-order valence-corrected chi connectivity index (χ4v) is 2.46. The highest BCUT2D eigenvalue weighted by molar-refractivity contribution is 7.99. The monoisotopic (exact) mass is 226 g/mol. The van der Waals surface area contributed by atoms with Crippen molar-refractivity contribution in [3.8, 4) is 0 Å². The second-order valence-corrected chi connectivity index (χ2v) is 5.11. The minimum absolute atomic E-state index is 1.19. The Balaban J connectivity index is 2.86. The van der Waals surface area contributed by atoms with Gasteiger partial charge in [-0.1, -0.05) is 25.0 Å². The number of unbranched alkanes of at least 4 members (excludes halogenated alkanes) is 6. The lowest BCUT2D eigenvalue weighted by molar-refractivity contribution is 0.727. The smallest absolute Gasteiger partial charge is 0.00675 e. The SMILES string of the molecule is C=CCCCCCSCCCCCC=C. The zero-order valence-corrected chi connectivity index (χ0v) is 10.9. The molecule has 0 amide bonds. The molecule has 0 unspecified atom stereocenters. The third-order valence-corrected chi connectivity index (χ3v) is 3.55. The summed E-state index contributed by atoms with van der Waals surface area (Å²) in [5, 5.41) is 0. The predicted octanol–water partition coefficient (Wildman–Crippen LogP) is 5.21.